The third-order valence-electron chi connectivity index (χ3n) is 3.35. The molecule has 17 heavy (non-hydrogen) atoms. The number of aliphatic hydroxyl groups excluding tert-OH is 1. The quantitative estimate of drug-likeness (QED) is 0.931. The third kappa shape index (κ3) is 2.49. The SMILES string of the molecule is CCN(CC)C1COc2ccc(Br)cc2C1O. The van der Waals surface area contributed by atoms with Crippen LogP contribution in [-0.4, -0.2) is 35.7 Å². The Balaban J connectivity index is 2.28. The summed E-state index contributed by atoms with van der Waals surface area (Å²) in [6.07, 6.45) is -0.476. The lowest BCUT2D eigenvalue weighted by atomic mass is 9.98. The molecule has 0 amide bonds. The summed E-state index contributed by atoms with van der Waals surface area (Å²) in [4.78, 5) is 2.23. The third-order valence-corrected chi connectivity index (χ3v) is 3.84. The number of halogens is 1. The van der Waals surface area contributed by atoms with Crippen LogP contribution in [0.5, 0.6) is 5.75 Å². The summed E-state index contributed by atoms with van der Waals surface area (Å²) in [5.74, 6) is 0.795. The van der Waals surface area contributed by atoms with Crippen molar-refractivity contribution in [1.29, 1.82) is 0 Å². The number of ether oxygens (including phenoxy) is 1. The van der Waals surface area contributed by atoms with Crippen LogP contribution in [0.3, 0.4) is 0 Å². The van der Waals surface area contributed by atoms with E-state index in [1.165, 1.54) is 0 Å². The molecule has 0 radical (unpaired) electrons. The normalized spacial score (nSPS) is 23.4. The summed E-state index contributed by atoms with van der Waals surface area (Å²) in [5.41, 5.74) is 0.877. The average molecular weight is 300 g/mol. The fraction of sp³-hybridized carbons (Fsp3) is 0.538. The number of rotatable bonds is 3. The van der Waals surface area contributed by atoms with Gasteiger partial charge in [-0.25, -0.2) is 0 Å². The molecule has 1 aliphatic rings. The van der Waals surface area contributed by atoms with Crippen molar-refractivity contribution in [3.8, 4) is 5.75 Å². The van der Waals surface area contributed by atoms with Crippen LogP contribution in [0, 0.1) is 0 Å². The predicted octanol–water partition coefficient (Wildman–Crippen LogP) is 2.59. The maximum absolute atomic E-state index is 10.4. The van der Waals surface area contributed by atoms with Crippen molar-refractivity contribution in [3.05, 3.63) is 28.2 Å². The van der Waals surface area contributed by atoms with Crippen molar-refractivity contribution in [1.82, 2.24) is 4.90 Å². The van der Waals surface area contributed by atoms with Gasteiger partial charge in [-0.2, -0.15) is 0 Å². The smallest absolute Gasteiger partial charge is 0.125 e. The fourth-order valence-corrected chi connectivity index (χ4v) is 2.73. The van der Waals surface area contributed by atoms with Gasteiger partial charge in [-0.15, -0.1) is 0 Å². The Bertz CT molecular complexity index is 393. The van der Waals surface area contributed by atoms with Crippen molar-refractivity contribution in [2.24, 2.45) is 0 Å². The highest BCUT2D eigenvalue weighted by molar-refractivity contribution is 9.10. The molecular formula is C13H18BrNO2. The van der Waals surface area contributed by atoms with E-state index in [1.54, 1.807) is 0 Å². The van der Waals surface area contributed by atoms with Gasteiger partial charge >= 0.3 is 0 Å². The Morgan fingerprint density at radius 2 is 2.12 bits per heavy atom. The first-order valence-corrected chi connectivity index (χ1v) is 6.81. The van der Waals surface area contributed by atoms with Gasteiger partial charge in [0.05, 0.1) is 6.04 Å². The minimum Gasteiger partial charge on any atom is -0.491 e. The number of benzene rings is 1. The van der Waals surface area contributed by atoms with Gasteiger partial charge in [0, 0.05) is 10.0 Å². The molecule has 0 fully saturated rings. The van der Waals surface area contributed by atoms with Crippen LogP contribution >= 0.6 is 15.9 Å². The molecule has 1 aromatic rings. The fourth-order valence-electron chi connectivity index (χ4n) is 2.35. The second-order valence-electron chi connectivity index (χ2n) is 4.23. The molecule has 3 nitrogen and oxygen atoms in total. The van der Waals surface area contributed by atoms with Crippen LogP contribution in [0.2, 0.25) is 0 Å². The highest BCUT2D eigenvalue weighted by Gasteiger charge is 2.32. The highest BCUT2D eigenvalue weighted by atomic mass is 79.9. The summed E-state index contributed by atoms with van der Waals surface area (Å²) < 4.78 is 6.69. The van der Waals surface area contributed by atoms with Gasteiger partial charge in [0.1, 0.15) is 18.5 Å². The van der Waals surface area contributed by atoms with Crippen LogP contribution in [0.15, 0.2) is 22.7 Å². The Morgan fingerprint density at radius 3 is 2.76 bits per heavy atom. The number of nitrogens with zero attached hydrogens (tertiary/aromatic N) is 1. The summed E-state index contributed by atoms with van der Waals surface area (Å²) >= 11 is 3.43. The van der Waals surface area contributed by atoms with Crippen LogP contribution < -0.4 is 4.74 Å². The highest BCUT2D eigenvalue weighted by Crippen LogP contribution is 2.35. The average Bonchev–Trinajstić information content (AvgIpc) is 2.34. The van der Waals surface area contributed by atoms with E-state index in [-0.39, 0.29) is 6.04 Å². The van der Waals surface area contributed by atoms with E-state index < -0.39 is 6.10 Å². The van der Waals surface area contributed by atoms with E-state index in [9.17, 15) is 5.11 Å². The Hall–Kier alpha value is -0.580. The van der Waals surface area contributed by atoms with Crippen molar-refractivity contribution in [2.75, 3.05) is 19.7 Å². The first-order valence-electron chi connectivity index (χ1n) is 6.01. The van der Waals surface area contributed by atoms with Crippen LogP contribution in [0.25, 0.3) is 0 Å². The lowest BCUT2D eigenvalue weighted by molar-refractivity contribution is 0.00784. The second-order valence-corrected chi connectivity index (χ2v) is 5.14. The van der Waals surface area contributed by atoms with E-state index in [1.807, 2.05) is 18.2 Å². The number of aliphatic hydroxyl groups is 1. The van der Waals surface area contributed by atoms with Gasteiger partial charge in [-0.05, 0) is 31.3 Å². The van der Waals surface area contributed by atoms with Gasteiger partial charge in [0.15, 0.2) is 0 Å². The Labute approximate surface area is 111 Å². The van der Waals surface area contributed by atoms with E-state index >= 15 is 0 Å². The molecule has 1 heterocycles. The van der Waals surface area contributed by atoms with E-state index in [4.69, 9.17) is 4.74 Å². The molecule has 1 N–H and O–H groups in total. The molecule has 4 heteroatoms. The zero-order chi connectivity index (χ0) is 12.4. The number of fused-ring (bicyclic) bond motifs is 1. The van der Waals surface area contributed by atoms with Gasteiger partial charge in [0.25, 0.3) is 0 Å². The van der Waals surface area contributed by atoms with Crippen LogP contribution in [0.1, 0.15) is 25.5 Å². The first-order chi connectivity index (χ1) is 8.17. The minimum atomic E-state index is -0.476. The lowest BCUT2D eigenvalue weighted by Gasteiger charge is -2.37. The van der Waals surface area contributed by atoms with E-state index in [0.29, 0.717) is 6.61 Å². The summed E-state index contributed by atoms with van der Waals surface area (Å²) in [6.45, 7) is 6.60. The number of hydrogen-bond donors (Lipinski definition) is 1. The summed E-state index contributed by atoms with van der Waals surface area (Å²) in [6, 6.07) is 5.83. The molecule has 2 unspecified atom stereocenters. The second kappa shape index (κ2) is 5.38. The topological polar surface area (TPSA) is 32.7 Å². The Kier molecular flexibility index (Phi) is 4.07. The van der Waals surface area contributed by atoms with Crippen LogP contribution in [0.4, 0.5) is 0 Å². The van der Waals surface area contributed by atoms with Gasteiger partial charge < -0.3 is 9.84 Å². The zero-order valence-corrected chi connectivity index (χ0v) is 11.8. The first kappa shape index (κ1) is 12.9. The predicted molar refractivity (Wildman–Crippen MR) is 71.3 cm³/mol. The standard InChI is InChI=1S/C13H18BrNO2/c1-3-15(4-2)11-8-17-12-6-5-9(14)7-10(12)13(11)16/h5-7,11,13,16H,3-4,8H2,1-2H3. The monoisotopic (exact) mass is 299 g/mol. The van der Waals surface area contributed by atoms with Crippen molar-refractivity contribution in [2.45, 2.75) is 26.0 Å². The minimum absolute atomic E-state index is 0.0480. The molecule has 0 spiro atoms. The molecule has 1 aliphatic heterocycles. The number of likely N-dealkylation sites (N-methyl/N-ethyl adjacent to an activating group) is 1. The van der Waals surface area contributed by atoms with Crippen LogP contribution in [-0.2, 0) is 0 Å². The lowest BCUT2D eigenvalue weighted by Crippen LogP contribution is -2.45. The molecule has 0 aromatic heterocycles. The molecule has 0 aliphatic carbocycles. The zero-order valence-electron chi connectivity index (χ0n) is 10.2. The number of hydrogen-bond acceptors (Lipinski definition) is 3. The molecule has 94 valence electrons. The maximum Gasteiger partial charge on any atom is 0.125 e. The molecule has 0 bridgehead atoms. The van der Waals surface area contributed by atoms with Crippen molar-refractivity contribution < 1.29 is 9.84 Å². The molecule has 2 rings (SSSR count). The molecule has 1 aromatic carbocycles. The van der Waals surface area contributed by atoms with Crippen molar-refractivity contribution >= 4 is 15.9 Å². The summed E-state index contributed by atoms with van der Waals surface area (Å²) in [5, 5.41) is 10.4. The van der Waals surface area contributed by atoms with Gasteiger partial charge in [0.2, 0.25) is 0 Å². The Morgan fingerprint density at radius 1 is 1.41 bits per heavy atom. The summed E-state index contributed by atoms with van der Waals surface area (Å²) in [7, 11) is 0. The van der Waals surface area contributed by atoms with Crippen molar-refractivity contribution in [3.63, 3.8) is 0 Å². The largest absolute Gasteiger partial charge is 0.491 e. The molecule has 2 atom stereocenters. The van der Waals surface area contributed by atoms with E-state index in [2.05, 4.69) is 34.7 Å². The van der Waals surface area contributed by atoms with E-state index in [0.717, 1.165) is 28.9 Å². The van der Waals surface area contributed by atoms with Gasteiger partial charge in [-0.3, -0.25) is 4.90 Å². The maximum atomic E-state index is 10.4. The molecule has 0 saturated heterocycles. The van der Waals surface area contributed by atoms with Gasteiger partial charge in [-0.1, -0.05) is 29.8 Å². The molecular weight excluding hydrogens is 282 g/mol. The molecule has 0 saturated carbocycles.